The van der Waals surface area contributed by atoms with Crippen LogP contribution in [0.2, 0.25) is 0 Å². The van der Waals surface area contributed by atoms with Crippen LogP contribution in [0.25, 0.3) is 0 Å². The van der Waals surface area contributed by atoms with Gasteiger partial charge in [0.25, 0.3) is 5.91 Å². The maximum absolute atomic E-state index is 12.8. The van der Waals surface area contributed by atoms with Gasteiger partial charge >= 0.3 is 0 Å². The molecule has 2 saturated carbocycles. The number of rotatable bonds is 4. The van der Waals surface area contributed by atoms with E-state index in [4.69, 9.17) is 0 Å². The smallest absolute Gasteiger partial charge is 0.263 e. The molecule has 25 heavy (non-hydrogen) atoms. The number of piperidine rings is 1. The van der Waals surface area contributed by atoms with Crippen LogP contribution in [-0.2, 0) is 4.79 Å². The molecule has 0 unspecified atom stereocenters. The Morgan fingerprint density at radius 1 is 1.28 bits per heavy atom. The fraction of sp³-hybridized carbons (Fsp3) is 0.700. The average molecular weight is 361 g/mol. The van der Waals surface area contributed by atoms with Gasteiger partial charge < -0.3 is 10.2 Å². The van der Waals surface area contributed by atoms with Crippen LogP contribution in [0.5, 0.6) is 0 Å². The molecule has 2 bridgehead atoms. The number of nitrogens with zero attached hydrogens (tertiary/aromatic N) is 1. The van der Waals surface area contributed by atoms with E-state index in [0.29, 0.717) is 12.5 Å². The molecule has 2 aliphatic carbocycles. The SMILES string of the molecule is C[C@H](NC(=O)[C@H]1CCCN(C(=O)c2cccs2)C1)[C@H]1C[C@H]2CC[C@H]1C2. The van der Waals surface area contributed by atoms with Crippen molar-refractivity contribution in [2.75, 3.05) is 13.1 Å². The fourth-order valence-electron chi connectivity index (χ4n) is 5.29. The zero-order valence-electron chi connectivity index (χ0n) is 14.9. The molecular weight excluding hydrogens is 332 g/mol. The third kappa shape index (κ3) is 3.48. The molecule has 3 fully saturated rings. The van der Waals surface area contributed by atoms with Crippen molar-refractivity contribution in [1.82, 2.24) is 10.2 Å². The predicted molar refractivity (Wildman–Crippen MR) is 99.5 cm³/mol. The first-order valence-electron chi connectivity index (χ1n) is 9.75. The Morgan fingerprint density at radius 2 is 2.16 bits per heavy atom. The highest BCUT2D eigenvalue weighted by Gasteiger charge is 2.42. The Labute approximate surface area is 154 Å². The second-order valence-electron chi connectivity index (χ2n) is 8.20. The van der Waals surface area contributed by atoms with E-state index in [1.54, 1.807) is 0 Å². The molecule has 3 aliphatic rings. The molecule has 1 saturated heterocycles. The maximum atomic E-state index is 12.8. The molecule has 5 atom stereocenters. The lowest BCUT2D eigenvalue weighted by molar-refractivity contribution is -0.127. The van der Waals surface area contributed by atoms with Gasteiger partial charge in [0.2, 0.25) is 5.91 Å². The van der Waals surface area contributed by atoms with E-state index >= 15 is 0 Å². The van der Waals surface area contributed by atoms with Crippen LogP contribution < -0.4 is 5.32 Å². The van der Waals surface area contributed by atoms with Crippen molar-refractivity contribution in [1.29, 1.82) is 0 Å². The van der Waals surface area contributed by atoms with Crippen molar-refractivity contribution in [3.8, 4) is 0 Å². The maximum Gasteiger partial charge on any atom is 0.263 e. The monoisotopic (exact) mass is 360 g/mol. The third-order valence-electron chi connectivity index (χ3n) is 6.62. The second-order valence-corrected chi connectivity index (χ2v) is 9.15. The highest BCUT2D eigenvalue weighted by atomic mass is 32.1. The summed E-state index contributed by atoms with van der Waals surface area (Å²) in [5.41, 5.74) is 0. The van der Waals surface area contributed by atoms with E-state index in [-0.39, 0.29) is 23.8 Å². The van der Waals surface area contributed by atoms with Gasteiger partial charge in [-0.05, 0) is 68.2 Å². The number of fused-ring (bicyclic) bond motifs is 2. The summed E-state index contributed by atoms with van der Waals surface area (Å²) in [5.74, 6) is 2.56. The molecule has 1 aromatic heterocycles. The molecule has 136 valence electrons. The summed E-state index contributed by atoms with van der Waals surface area (Å²) in [6.45, 7) is 3.51. The Balaban J connectivity index is 1.33. The summed E-state index contributed by atoms with van der Waals surface area (Å²) in [5, 5.41) is 5.23. The molecule has 2 heterocycles. The van der Waals surface area contributed by atoms with Crippen molar-refractivity contribution in [2.24, 2.45) is 23.7 Å². The summed E-state index contributed by atoms with van der Waals surface area (Å²) in [4.78, 5) is 28.0. The third-order valence-corrected chi connectivity index (χ3v) is 7.47. The molecule has 2 amide bonds. The van der Waals surface area contributed by atoms with Crippen LogP contribution in [0.15, 0.2) is 17.5 Å². The number of carbonyl (C=O) groups excluding carboxylic acids is 2. The predicted octanol–water partition coefficient (Wildman–Crippen LogP) is 3.54. The van der Waals surface area contributed by atoms with Crippen molar-refractivity contribution < 1.29 is 9.59 Å². The van der Waals surface area contributed by atoms with Gasteiger partial charge in [0, 0.05) is 19.1 Å². The van der Waals surface area contributed by atoms with E-state index < -0.39 is 0 Å². The van der Waals surface area contributed by atoms with Gasteiger partial charge in [-0.15, -0.1) is 11.3 Å². The standard InChI is InChI=1S/C20H28N2O2S/c1-13(17-11-14-6-7-15(17)10-14)21-19(23)16-4-2-8-22(12-16)20(24)18-5-3-9-25-18/h3,5,9,13-17H,2,4,6-8,10-12H2,1H3,(H,21,23)/t13-,14-,15-,16-,17+/m0/s1. The lowest BCUT2D eigenvalue weighted by atomic mass is 9.83. The summed E-state index contributed by atoms with van der Waals surface area (Å²) in [6.07, 6.45) is 7.21. The lowest BCUT2D eigenvalue weighted by Crippen LogP contribution is -2.48. The van der Waals surface area contributed by atoms with E-state index in [9.17, 15) is 9.59 Å². The van der Waals surface area contributed by atoms with Gasteiger partial charge in [0.1, 0.15) is 0 Å². The van der Waals surface area contributed by atoms with Crippen LogP contribution in [0, 0.1) is 23.7 Å². The summed E-state index contributed by atoms with van der Waals surface area (Å²) in [6, 6.07) is 4.04. The van der Waals surface area contributed by atoms with Gasteiger partial charge in [0.05, 0.1) is 10.8 Å². The van der Waals surface area contributed by atoms with Gasteiger partial charge in [-0.2, -0.15) is 0 Å². The summed E-state index contributed by atoms with van der Waals surface area (Å²) >= 11 is 1.48. The number of nitrogens with one attached hydrogen (secondary N) is 1. The first kappa shape index (κ1) is 17.1. The minimum Gasteiger partial charge on any atom is -0.353 e. The van der Waals surface area contributed by atoms with Gasteiger partial charge in [-0.1, -0.05) is 12.5 Å². The fourth-order valence-corrected chi connectivity index (χ4v) is 5.98. The normalized spacial score (nSPS) is 32.6. The molecule has 5 heteroatoms. The highest BCUT2D eigenvalue weighted by Crippen LogP contribution is 2.49. The van der Waals surface area contributed by atoms with Crippen molar-refractivity contribution >= 4 is 23.2 Å². The van der Waals surface area contributed by atoms with E-state index in [1.165, 1.54) is 37.0 Å². The molecule has 1 N–H and O–H groups in total. The van der Waals surface area contributed by atoms with Crippen LogP contribution in [-0.4, -0.2) is 35.8 Å². The van der Waals surface area contributed by atoms with Crippen molar-refractivity contribution in [2.45, 2.75) is 51.5 Å². The summed E-state index contributed by atoms with van der Waals surface area (Å²) < 4.78 is 0. The first-order valence-corrected chi connectivity index (χ1v) is 10.6. The van der Waals surface area contributed by atoms with E-state index in [1.807, 2.05) is 22.4 Å². The van der Waals surface area contributed by atoms with Gasteiger partial charge in [0.15, 0.2) is 0 Å². The second kappa shape index (κ2) is 7.10. The minimum atomic E-state index is -0.0568. The number of thiophene rings is 1. The molecule has 0 radical (unpaired) electrons. The van der Waals surface area contributed by atoms with Crippen LogP contribution in [0.3, 0.4) is 0 Å². The zero-order chi connectivity index (χ0) is 17.4. The van der Waals surface area contributed by atoms with Crippen LogP contribution >= 0.6 is 11.3 Å². The van der Waals surface area contributed by atoms with Crippen molar-refractivity contribution in [3.05, 3.63) is 22.4 Å². The quantitative estimate of drug-likeness (QED) is 0.893. The van der Waals surface area contributed by atoms with Gasteiger partial charge in [-0.3, -0.25) is 9.59 Å². The number of likely N-dealkylation sites (tertiary alicyclic amines) is 1. The first-order chi connectivity index (χ1) is 12.1. The minimum absolute atomic E-state index is 0.0568. The summed E-state index contributed by atoms with van der Waals surface area (Å²) in [7, 11) is 0. The molecule has 0 aromatic carbocycles. The Hall–Kier alpha value is -1.36. The Bertz CT molecular complexity index is 630. The molecule has 0 spiro atoms. The van der Waals surface area contributed by atoms with Crippen molar-refractivity contribution in [3.63, 3.8) is 0 Å². The largest absolute Gasteiger partial charge is 0.353 e. The van der Waals surface area contributed by atoms with Crippen LogP contribution in [0.4, 0.5) is 0 Å². The zero-order valence-corrected chi connectivity index (χ0v) is 15.8. The number of carbonyl (C=O) groups is 2. The molecule has 1 aromatic rings. The average Bonchev–Trinajstić information content (AvgIpc) is 3.38. The van der Waals surface area contributed by atoms with Gasteiger partial charge in [-0.25, -0.2) is 0 Å². The highest BCUT2D eigenvalue weighted by molar-refractivity contribution is 7.12. The topological polar surface area (TPSA) is 49.4 Å². The van der Waals surface area contributed by atoms with E-state index in [2.05, 4.69) is 12.2 Å². The Kier molecular flexibility index (Phi) is 4.85. The lowest BCUT2D eigenvalue weighted by Gasteiger charge is -2.34. The molecule has 1 aliphatic heterocycles. The number of amides is 2. The van der Waals surface area contributed by atoms with Crippen LogP contribution in [0.1, 0.15) is 55.1 Å². The Morgan fingerprint density at radius 3 is 2.84 bits per heavy atom. The van der Waals surface area contributed by atoms with E-state index in [0.717, 1.165) is 36.1 Å². The molecule has 4 nitrogen and oxygen atoms in total. The number of hydrogen-bond acceptors (Lipinski definition) is 3. The molecule has 4 rings (SSSR count). The number of hydrogen-bond donors (Lipinski definition) is 1. The molecular formula is C20H28N2O2S.